The summed E-state index contributed by atoms with van der Waals surface area (Å²) in [5, 5.41) is 0. The number of hydrogen-bond donors (Lipinski definition) is 0. The lowest BCUT2D eigenvalue weighted by atomic mass is 9.57. The second-order valence-corrected chi connectivity index (χ2v) is 6.67. The van der Waals surface area contributed by atoms with Gasteiger partial charge >= 0.3 is 5.97 Å². The quantitative estimate of drug-likeness (QED) is 0.438. The lowest BCUT2D eigenvalue weighted by Crippen LogP contribution is -2.47. The Labute approximate surface area is 131 Å². The zero-order valence-corrected chi connectivity index (χ0v) is 12.8. The Morgan fingerprint density at radius 1 is 1.00 bits per heavy atom. The van der Waals surface area contributed by atoms with Crippen molar-refractivity contribution in [2.75, 3.05) is 0 Å². The summed E-state index contributed by atoms with van der Waals surface area (Å²) in [6, 6.07) is 2.36. The molecule has 0 atom stereocenters. The van der Waals surface area contributed by atoms with E-state index in [-0.39, 0.29) is 18.4 Å². The van der Waals surface area contributed by atoms with Crippen LogP contribution in [0.4, 0.5) is 17.6 Å². The zero-order chi connectivity index (χ0) is 17.0. The summed E-state index contributed by atoms with van der Waals surface area (Å²) in [6.07, 6.45) is 0.813. The van der Waals surface area contributed by atoms with Gasteiger partial charge in [-0.05, 0) is 44.2 Å². The first-order valence-electron chi connectivity index (χ1n) is 7.44. The minimum atomic E-state index is -1.73. The Morgan fingerprint density at radius 2 is 1.61 bits per heavy atom. The van der Waals surface area contributed by atoms with Crippen LogP contribution in [0.25, 0.3) is 0 Å². The first-order valence-corrected chi connectivity index (χ1v) is 7.44. The molecule has 1 aromatic carbocycles. The van der Waals surface area contributed by atoms with Crippen molar-refractivity contribution in [3.05, 3.63) is 41.0 Å². The van der Waals surface area contributed by atoms with Gasteiger partial charge in [0.25, 0.3) is 0 Å². The van der Waals surface area contributed by atoms with Gasteiger partial charge in [-0.15, -0.1) is 0 Å². The van der Waals surface area contributed by atoms with Gasteiger partial charge in [-0.2, -0.15) is 4.39 Å². The number of ether oxygens (including phenoxy) is 1. The molecule has 1 aromatic rings. The molecule has 23 heavy (non-hydrogen) atoms. The highest BCUT2D eigenvalue weighted by molar-refractivity contribution is 5.83. The zero-order valence-electron chi connectivity index (χ0n) is 12.8. The first kappa shape index (κ1) is 16.0. The molecule has 3 aliphatic carbocycles. The number of benzene rings is 1. The number of carbonyl (C=O) groups is 1. The van der Waals surface area contributed by atoms with Gasteiger partial charge in [0.05, 0.1) is 0 Å². The van der Waals surface area contributed by atoms with Crippen LogP contribution in [0.1, 0.15) is 38.2 Å². The molecule has 4 rings (SSSR count). The molecular formula is C17H16F4O2. The smallest absolute Gasteiger partial charge is 0.324 e. The number of allylic oxidation sites excluding steroid dienone is 1. The number of rotatable bonds is 2. The van der Waals surface area contributed by atoms with E-state index in [1.54, 1.807) is 6.92 Å². The maximum absolute atomic E-state index is 14.4. The highest BCUT2D eigenvalue weighted by Crippen LogP contribution is 2.60. The third-order valence-electron chi connectivity index (χ3n) is 5.18. The lowest BCUT2D eigenvalue weighted by molar-refractivity contribution is -0.150. The van der Waals surface area contributed by atoms with Crippen LogP contribution in [0.5, 0.6) is 5.75 Å². The number of esters is 1. The van der Waals surface area contributed by atoms with E-state index in [9.17, 15) is 22.4 Å². The predicted molar refractivity (Wildman–Crippen MR) is 75.0 cm³/mol. The second kappa shape index (κ2) is 5.08. The number of fused-ring (bicyclic) bond motifs is 2. The molecule has 0 N–H and O–H groups in total. The molecular weight excluding hydrogens is 312 g/mol. The van der Waals surface area contributed by atoms with Gasteiger partial charge in [0, 0.05) is 5.41 Å². The van der Waals surface area contributed by atoms with Crippen molar-refractivity contribution in [3.63, 3.8) is 0 Å². The fourth-order valence-electron chi connectivity index (χ4n) is 3.34. The molecule has 0 heterocycles. The van der Waals surface area contributed by atoms with Crippen molar-refractivity contribution in [1.29, 1.82) is 0 Å². The number of hydrogen-bond acceptors (Lipinski definition) is 2. The maximum atomic E-state index is 14.4. The summed E-state index contributed by atoms with van der Waals surface area (Å²) < 4.78 is 60.8. The van der Waals surface area contributed by atoms with Crippen molar-refractivity contribution >= 4 is 5.97 Å². The van der Waals surface area contributed by atoms with Crippen LogP contribution in [-0.4, -0.2) is 5.97 Å². The van der Waals surface area contributed by atoms with E-state index in [2.05, 4.69) is 0 Å². The minimum Gasteiger partial charge on any atom is -0.423 e. The summed E-state index contributed by atoms with van der Waals surface area (Å²) in [5.74, 6) is -6.18. The summed E-state index contributed by atoms with van der Waals surface area (Å²) in [4.78, 5) is 12.4. The van der Waals surface area contributed by atoms with Crippen LogP contribution in [0.3, 0.4) is 0 Å². The molecule has 0 amide bonds. The Hall–Kier alpha value is -1.85. The molecule has 1 saturated carbocycles. The van der Waals surface area contributed by atoms with E-state index in [0.29, 0.717) is 12.8 Å². The van der Waals surface area contributed by atoms with Crippen molar-refractivity contribution in [1.82, 2.24) is 0 Å². The van der Waals surface area contributed by atoms with E-state index in [1.807, 2.05) is 0 Å². The monoisotopic (exact) mass is 328 g/mol. The van der Waals surface area contributed by atoms with Gasteiger partial charge in [0.2, 0.25) is 5.82 Å². The Bertz CT molecular complexity index is 716. The van der Waals surface area contributed by atoms with E-state index in [0.717, 1.165) is 6.07 Å². The predicted octanol–water partition coefficient (Wildman–Crippen LogP) is 4.91. The molecule has 0 aliphatic heterocycles. The molecule has 6 heteroatoms. The van der Waals surface area contributed by atoms with Crippen LogP contribution >= 0.6 is 0 Å². The summed E-state index contributed by atoms with van der Waals surface area (Å²) >= 11 is 0. The average Bonchev–Trinajstić information content (AvgIpc) is 2.53. The van der Waals surface area contributed by atoms with E-state index in [1.165, 1.54) is 13.0 Å². The van der Waals surface area contributed by atoms with Crippen LogP contribution in [-0.2, 0) is 4.79 Å². The van der Waals surface area contributed by atoms with Crippen LogP contribution in [0.15, 0.2) is 23.8 Å². The van der Waals surface area contributed by atoms with Crippen molar-refractivity contribution in [2.45, 2.75) is 39.5 Å². The van der Waals surface area contributed by atoms with Crippen molar-refractivity contribution in [3.8, 4) is 5.75 Å². The molecule has 124 valence electrons. The Balaban J connectivity index is 1.94. The molecule has 0 spiro atoms. The normalized spacial score (nSPS) is 29.8. The molecule has 2 bridgehead atoms. The van der Waals surface area contributed by atoms with Crippen molar-refractivity contribution < 1.29 is 27.1 Å². The molecule has 3 aliphatic rings. The molecule has 0 unspecified atom stereocenters. The fraction of sp³-hybridized carbons (Fsp3) is 0.471. The summed E-state index contributed by atoms with van der Waals surface area (Å²) in [6.45, 7) is 2.98. The minimum absolute atomic E-state index is 0.0590. The Morgan fingerprint density at radius 3 is 2.22 bits per heavy atom. The lowest BCUT2D eigenvalue weighted by Gasteiger charge is -2.47. The average molecular weight is 328 g/mol. The van der Waals surface area contributed by atoms with E-state index in [4.69, 9.17) is 4.74 Å². The molecule has 0 aromatic heterocycles. The van der Waals surface area contributed by atoms with Gasteiger partial charge in [-0.1, -0.05) is 13.0 Å². The van der Waals surface area contributed by atoms with Crippen LogP contribution in [0, 0.1) is 29.4 Å². The third-order valence-corrected chi connectivity index (χ3v) is 5.18. The van der Waals surface area contributed by atoms with Crippen molar-refractivity contribution in [2.24, 2.45) is 10.8 Å². The first-order chi connectivity index (χ1) is 10.7. The van der Waals surface area contributed by atoms with E-state index >= 15 is 0 Å². The Kier molecular flexibility index (Phi) is 3.54. The van der Waals surface area contributed by atoms with Gasteiger partial charge in [0.1, 0.15) is 17.1 Å². The standard InChI is InChI=1S/C17H16F4O2/c1-9-3-4-10(12(19)11(9)18)23-15(22)17-7-5-16(2,6-8-17)13(20)14(17)21/h3-4H,5-8H2,1-2H3. The summed E-state index contributed by atoms with van der Waals surface area (Å²) in [7, 11) is 0. The van der Waals surface area contributed by atoms with Gasteiger partial charge < -0.3 is 4.74 Å². The number of aryl methyl sites for hydroxylation is 1. The van der Waals surface area contributed by atoms with Crippen LogP contribution in [0.2, 0.25) is 0 Å². The SMILES string of the molecule is Cc1ccc(OC(=O)C23CCC(C)(CC2)C(F)=C3F)c(F)c1F. The van der Waals surface area contributed by atoms with Gasteiger partial charge in [-0.25, -0.2) is 13.2 Å². The number of halogens is 4. The molecule has 2 nitrogen and oxygen atoms in total. The van der Waals surface area contributed by atoms with Gasteiger partial charge in [0.15, 0.2) is 11.6 Å². The van der Waals surface area contributed by atoms with E-state index < -0.39 is 45.8 Å². The molecule has 1 fully saturated rings. The second-order valence-electron chi connectivity index (χ2n) is 6.67. The number of carbonyl (C=O) groups excluding carboxylic acids is 1. The molecule has 0 saturated heterocycles. The fourth-order valence-corrected chi connectivity index (χ4v) is 3.34. The van der Waals surface area contributed by atoms with Crippen LogP contribution < -0.4 is 4.74 Å². The maximum Gasteiger partial charge on any atom is 0.324 e. The molecule has 0 radical (unpaired) electrons. The summed E-state index contributed by atoms with van der Waals surface area (Å²) in [5.41, 5.74) is -2.55. The highest BCUT2D eigenvalue weighted by Gasteiger charge is 2.58. The van der Waals surface area contributed by atoms with Gasteiger partial charge in [-0.3, -0.25) is 4.79 Å². The third kappa shape index (κ3) is 2.18. The largest absolute Gasteiger partial charge is 0.423 e. The highest BCUT2D eigenvalue weighted by atomic mass is 19.2. The topological polar surface area (TPSA) is 26.3 Å².